The van der Waals surface area contributed by atoms with Crippen LogP contribution in [0.5, 0.6) is 0 Å². The molecule has 0 heterocycles. The summed E-state index contributed by atoms with van der Waals surface area (Å²) in [5.74, 6) is 0.337. The van der Waals surface area contributed by atoms with Crippen molar-refractivity contribution in [2.75, 3.05) is 0 Å². The number of carbonyl (C=O) groups excluding carboxylic acids is 1. The molecule has 3 heteroatoms. The van der Waals surface area contributed by atoms with Gasteiger partial charge in [0.1, 0.15) is 11.6 Å². The number of halogens is 2. The number of carbonyl (C=O) groups is 1. The molecule has 0 radical (unpaired) electrons. The summed E-state index contributed by atoms with van der Waals surface area (Å²) in [6, 6.07) is 4.58. The standard InChI is InChI=1S/C16H20ClFO/c1-2-11-6-3-4-7-12(11)16(19)10-13-14(17)8-5-9-15(13)18/h5,8-9,11-12H,2-4,6-7,10H2,1H3. The van der Waals surface area contributed by atoms with Gasteiger partial charge in [0.25, 0.3) is 0 Å². The van der Waals surface area contributed by atoms with Crippen molar-refractivity contribution in [1.29, 1.82) is 0 Å². The first-order chi connectivity index (χ1) is 9.13. The second-order valence-electron chi connectivity index (χ2n) is 5.40. The van der Waals surface area contributed by atoms with Crippen LogP contribution >= 0.6 is 11.6 Å². The fourth-order valence-corrected chi connectivity index (χ4v) is 3.36. The minimum absolute atomic E-state index is 0.0921. The molecular formula is C16H20ClFO. The normalized spacial score (nSPS) is 23.3. The van der Waals surface area contributed by atoms with E-state index in [0.717, 1.165) is 25.7 Å². The maximum absolute atomic E-state index is 13.7. The lowest BCUT2D eigenvalue weighted by Gasteiger charge is -2.29. The average Bonchev–Trinajstić information content (AvgIpc) is 2.42. The van der Waals surface area contributed by atoms with E-state index >= 15 is 0 Å². The molecular weight excluding hydrogens is 263 g/mol. The van der Waals surface area contributed by atoms with Crippen LogP contribution in [0.3, 0.4) is 0 Å². The van der Waals surface area contributed by atoms with Crippen LogP contribution in [0.25, 0.3) is 0 Å². The highest BCUT2D eigenvalue weighted by Gasteiger charge is 2.30. The number of Topliss-reactive ketones (excluding diaryl/α,β-unsaturated/α-hetero) is 1. The summed E-state index contributed by atoms with van der Waals surface area (Å²) in [6.07, 6.45) is 5.55. The Morgan fingerprint density at radius 3 is 2.79 bits per heavy atom. The van der Waals surface area contributed by atoms with Crippen LogP contribution in [0.4, 0.5) is 4.39 Å². The Morgan fingerprint density at radius 1 is 1.37 bits per heavy atom. The first kappa shape index (κ1) is 14.5. The Balaban J connectivity index is 2.12. The van der Waals surface area contributed by atoms with Gasteiger partial charge in [-0.05, 0) is 30.9 Å². The molecule has 1 nitrogen and oxygen atoms in total. The minimum atomic E-state index is -0.371. The molecule has 0 N–H and O–H groups in total. The van der Waals surface area contributed by atoms with Gasteiger partial charge in [-0.2, -0.15) is 0 Å². The van der Waals surface area contributed by atoms with Crippen molar-refractivity contribution in [1.82, 2.24) is 0 Å². The molecule has 0 aliphatic heterocycles. The summed E-state index contributed by atoms with van der Waals surface area (Å²) in [7, 11) is 0. The zero-order chi connectivity index (χ0) is 13.8. The molecule has 1 aromatic rings. The topological polar surface area (TPSA) is 17.1 Å². The third-order valence-corrected chi connectivity index (χ3v) is 4.61. The van der Waals surface area contributed by atoms with Crippen molar-refractivity contribution in [3.63, 3.8) is 0 Å². The lowest BCUT2D eigenvalue weighted by Crippen LogP contribution is -2.28. The fourth-order valence-electron chi connectivity index (χ4n) is 3.13. The van der Waals surface area contributed by atoms with Gasteiger partial charge in [0, 0.05) is 22.9 Å². The predicted molar refractivity (Wildman–Crippen MR) is 75.9 cm³/mol. The summed E-state index contributed by atoms with van der Waals surface area (Å²) >= 11 is 5.99. The van der Waals surface area contributed by atoms with Crippen molar-refractivity contribution in [3.05, 3.63) is 34.6 Å². The first-order valence-corrected chi connectivity index (χ1v) is 7.47. The van der Waals surface area contributed by atoms with Gasteiger partial charge in [0.15, 0.2) is 0 Å². The van der Waals surface area contributed by atoms with Gasteiger partial charge in [-0.3, -0.25) is 4.79 Å². The zero-order valence-corrected chi connectivity index (χ0v) is 12.0. The van der Waals surface area contributed by atoms with E-state index in [1.165, 1.54) is 12.5 Å². The predicted octanol–water partition coefficient (Wildman–Crippen LogP) is 4.81. The monoisotopic (exact) mass is 282 g/mol. The van der Waals surface area contributed by atoms with Crippen LogP contribution in [0.1, 0.15) is 44.6 Å². The summed E-state index contributed by atoms with van der Waals surface area (Å²) in [6.45, 7) is 2.13. The second kappa shape index (κ2) is 6.51. The number of benzene rings is 1. The van der Waals surface area contributed by atoms with Crippen molar-refractivity contribution >= 4 is 17.4 Å². The van der Waals surface area contributed by atoms with E-state index in [-0.39, 0.29) is 23.9 Å². The number of hydrogen-bond donors (Lipinski definition) is 0. The molecule has 19 heavy (non-hydrogen) atoms. The van der Waals surface area contributed by atoms with Gasteiger partial charge in [0.2, 0.25) is 0 Å². The van der Waals surface area contributed by atoms with Gasteiger partial charge in [-0.1, -0.05) is 43.9 Å². The van der Waals surface area contributed by atoms with E-state index in [1.807, 2.05) is 0 Å². The quantitative estimate of drug-likeness (QED) is 0.775. The molecule has 2 unspecified atom stereocenters. The summed E-state index contributed by atoms with van der Waals surface area (Å²) < 4.78 is 13.7. The zero-order valence-electron chi connectivity index (χ0n) is 11.3. The van der Waals surface area contributed by atoms with Crippen molar-refractivity contribution < 1.29 is 9.18 Å². The number of ketones is 1. The maximum atomic E-state index is 13.7. The van der Waals surface area contributed by atoms with Gasteiger partial charge in [0.05, 0.1) is 0 Å². The highest BCUT2D eigenvalue weighted by atomic mass is 35.5. The van der Waals surface area contributed by atoms with Crippen molar-refractivity contribution in [2.45, 2.75) is 45.4 Å². The molecule has 1 aromatic carbocycles. The molecule has 2 rings (SSSR count). The van der Waals surface area contributed by atoms with Crippen LogP contribution in [0.2, 0.25) is 5.02 Å². The average molecular weight is 283 g/mol. The van der Waals surface area contributed by atoms with Gasteiger partial charge < -0.3 is 0 Å². The SMILES string of the molecule is CCC1CCCCC1C(=O)Cc1c(F)cccc1Cl. The van der Waals surface area contributed by atoms with Crippen LogP contribution in [0.15, 0.2) is 18.2 Å². The molecule has 1 aliphatic carbocycles. The first-order valence-electron chi connectivity index (χ1n) is 7.09. The second-order valence-corrected chi connectivity index (χ2v) is 5.81. The van der Waals surface area contributed by atoms with Gasteiger partial charge >= 0.3 is 0 Å². The fraction of sp³-hybridized carbons (Fsp3) is 0.562. The van der Waals surface area contributed by atoms with Crippen LogP contribution in [0, 0.1) is 17.7 Å². The van der Waals surface area contributed by atoms with E-state index < -0.39 is 0 Å². The minimum Gasteiger partial charge on any atom is -0.299 e. The Bertz CT molecular complexity index is 438. The van der Waals surface area contributed by atoms with E-state index in [0.29, 0.717) is 16.5 Å². The highest BCUT2D eigenvalue weighted by molar-refractivity contribution is 6.31. The van der Waals surface area contributed by atoms with Crippen molar-refractivity contribution in [2.24, 2.45) is 11.8 Å². The van der Waals surface area contributed by atoms with Gasteiger partial charge in [-0.25, -0.2) is 4.39 Å². The van der Waals surface area contributed by atoms with Gasteiger partial charge in [-0.15, -0.1) is 0 Å². The van der Waals surface area contributed by atoms with Crippen LogP contribution in [-0.4, -0.2) is 5.78 Å². The van der Waals surface area contributed by atoms with E-state index in [2.05, 4.69) is 6.92 Å². The molecule has 0 aromatic heterocycles. The van der Waals surface area contributed by atoms with E-state index in [9.17, 15) is 9.18 Å². The molecule has 0 amide bonds. The Kier molecular flexibility index (Phi) is 4.98. The molecule has 1 saturated carbocycles. The van der Waals surface area contributed by atoms with Crippen LogP contribution in [-0.2, 0) is 11.2 Å². The van der Waals surface area contributed by atoms with Crippen molar-refractivity contribution in [3.8, 4) is 0 Å². The largest absolute Gasteiger partial charge is 0.299 e. The molecule has 104 valence electrons. The summed E-state index contributed by atoms with van der Waals surface area (Å²) in [5.41, 5.74) is 0.356. The molecule has 1 fully saturated rings. The Labute approximate surface area is 119 Å². The van der Waals surface area contributed by atoms with Crippen LogP contribution < -0.4 is 0 Å². The molecule has 0 saturated heterocycles. The number of rotatable bonds is 4. The molecule has 1 aliphatic rings. The smallest absolute Gasteiger partial charge is 0.140 e. The summed E-state index contributed by atoms with van der Waals surface area (Å²) in [5, 5.41) is 0.359. The lowest BCUT2D eigenvalue weighted by atomic mass is 9.74. The maximum Gasteiger partial charge on any atom is 0.140 e. The molecule has 0 bridgehead atoms. The molecule has 0 spiro atoms. The third kappa shape index (κ3) is 3.36. The Hall–Kier alpha value is -0.890. The van der Waals surface area contributed by atoms with E-state index in [4.69, 9.17) is 11.6 Å². The highest BCUT2D eigenvalue weighted by Crippen LogP contribution is 2.34. The van der Waals surface area contributed by atoms with E-state index in [1.54, 1.807) is 12.1 Å². The molecule has 2 atom stereocenters. The Morgan fingerprint density at radius 2 is 2.11 bits per heavy atom. The lowest BCUT2D eigenvalue weighted by molar-refractivity contribution is -0.125. The third-order valence-electron chi connectivity index (χ3n) is 4.26. The number of hydrogen-bond acceptors (Lipinski definition) is 1. The summed E-state index contributed by atoms with van der Waals surface area (Å²) in [4.78, 5) is 12.4.